The van der Waals surface area contributed by atoms with Crippen LogP contribution in [-0.2, 0) is 0 Å². The number of fused-ring (bicyclic) bond motifs is 1. The normalized spacial score (nSPS) is 22.2. The minimum Gasteiger partial charge on any atom is -0.492 e. The topological polar surface area (TPSA) is 67.4 Å². The molecule has 0 radical (unpaired) electrons. The lowest BCUT2D eigenvalue weighted by Crippen LogP contribution is -2.46. The first kappa shape index (κ1) is 21.3. The van der Waals surface area contributed by atoms with Crippen LogP contribution in [0.25, 0.3) is 0 Å². The van der Waals surface area contributed by atoms with E-state index in [1.807, 2.05) is 25.2 Å². The first-order valence-corrected chi connectivity index (χ1v) is 10.1. The van der Waals surface area contributed by atoms with Crippen molar-refractivity contribution >= 4 is 29.9 Å². The van der Waals surface area contributed by atoms with E-state index in [2.05, 4.69) is 20.5 Å². The first-order chi connectivity index (χ1) is 13.3. The highest BCUT2D eigenvalue weighted by Crippen LogP contribution is 2.35. The lowest BCUT2D eigenvalue weighted by Gasteiger charge is -2.24. The van der Waals surface area contributed by atoms with Gasteiger partial charge < -0.3 is 24.8 Å². The number of likely N-dealkylation sites (tertiary alicyclic amines) is 1. The Morgan fingerprint density at radius 2 is 2.04 bits per heavy atom. The second-order valence-corrected chi connectivity index (χ2v) is 7.43. The van der Waals surface area contributed by atoms with Crippen LogP contribution in [0.5, 0.6) is 17.2 Å². The van der Waals surface area contributed by atoms with Gasteiger partial charge in [0.1, 0.15) is 12.4 Å². The SMILES string of the molecule is CN=C(NCCOc1ccc2c(c1)OCO2)NC1CCN(C2CCCC2)C1.I. The van der Waals surface area contributed by atoms with Crippen LogP contribution in [0, 0.1) is 0 Å². The maximum Gasteiger partial charge on any atom is 0.231 e. The molecule has 1 atom stereocenters. The number of aliphatic imine (C=N–C) groups is 1. The molecule has 4 rings (SSSR count). The van der Waals surface area contributed by atoms with E-state index < -0.39 is 0 Å². The summed E-state index contributed by atoms with van der Waals surface area (Å²) in [4.78, 5) is 7.00. The van der Waals surface area contributed by atoms with Gasteiger partial charge in [-0.3, -0.25) is 9.89 Å². The molecule has 2 fully saturated rings. The molecular formula is C20H31IN4O3. The van der Waals surface area contributed by atoms with Crippen molar-refractivity contribution in [2.45, 2.75) is 44.2 Å². The minimum atomic E-state index is 0. The predicted octanol–water partition coefficient (Wildman–Crippen LogP) is 2.59. The highest BCUT2D eigenvalue weighted by molar-refractivity contribution is 14.0. The van der Waals surface area contributed by atoms with Gasteiger partial charge in [0, 0.05) is 38.3 Å². The zero-order valence-electron chi connectivity index (χ0n) is 16.5. The van der Waals surface area contributed by atoms with Crippen LogP contribution in [-0.4, -0.2) is 63.0 Å². The van der Waals surface area contributed by atoms with Gasteiger partial charge in [-0.2, -0.15) is 0 Å². The van der Waals surface area contributed by atoms with Crippen LogP contribution in [0.4, 0.5) is 0 Å². The average Bonchev–Trinajstić information content (AvgIpc) is 3.44. The van der Waals surface area contributed by atoms with Crippen molar-refractivity contribution < 1.29 is 14.2 Å². The van der Waals surface area contributed by atoms with Crippen LogP contribution in [0.15, 0.2) is 23.2 Å². The van der Waals surface area contributed by atoms with Gasteiger partial charge in [0.25, 0.3) is 0 Å². The third kappa shape index (κ3) is 5.34. The fourth-order valence-electron chi connectivity index (χ4n) is 4.20. The van der Waals surface area contributed by atoms with Crippen molar-refractivity contribution in [3.05, 3.63) is 18.2 Å². The molecule has 1 aromatic carbocycles. The van der Waals surface area contributed by atoms with Crippen molar-refractivity contribution in [1.82, 2.24) is 15.5 Å². The van der Waals surface area contributed by atoms with Crippen LogP contribution in [0.2, 0.25) is 0 Å². The number of ether oxygens (including phenoxy) is 3. The average molecular weight is 502 g/mol. The van der Waals surface area contributed by atoms with Crippen LogP contribution in [0.3, 0.4) is 0 Å². The van der Waals surface area contributed by atoms with Crippen molar-refractivity contribution in [2.24, 2.45) is 4.99 Å². The van der Waals surface area contributed by atoms with Crippen molar-refractivity contribution in [2.75, 3.05) is 40.1 Å². The van der Waals surface area contributed by atoms with Gasteiger partial charge in [0.2, 0.25) is 6.79 Å². The van der Waals surface area contributed by atoms with E-state index in [0.29, 0.717) is 19.2 Å². The molecule has 1 aliphatic carbocycles. The molecule has 1 aromatic rings. The Labute approximate surface area is 184 Å². The number of hydrogen-bond donors (Lipinski definition) is 2. The van der Waals surface area contributed by atoms with Crippen LogP contribution in [0.1, 0.15) is 32.1 Å². The Morgan fingerprint density at radius 1 is 1.21 bits per heavy atom. The van der Waals surface area contributed by atoms with Crippen LogP contribution < -0.4 is 24.8 Å². The standard InChI is InChI=1S/C20H30N4O3.HI/c1-21-20(23-15-8-10-24(13-15)16-4-2-3-5-16)22-9-11-25-17-6-7-18-19(12-17)27-14-26-18;/h6-7,12,15-16H,2-5,8-11,13-14H2,1H3,(H2,21,22,23);1H. The third-order valence-corrected chi connectivity index (χ3v) is 5.63. The number of benzene rings is 1. The van der Waals surface area contributed by atoms with Crippen LogP contribution >= 0.6 is 24.0 Å². The molecule has 1 unspecified atom stereocenters. The largest absolute Gasteiger partial charge is 0.492 e. The van der Waals surface area contributed by atoms with E-state index in [1.165, 1.54) is 38.6 Å². The van der Waals surface area contributed by atoms with E-state index in [1.54, 1.807) is 0 Å². The van der Waals surface area contributed by atoms with Gasteiger partial charge in [-0.05, 0) is 31.4 Å². The predicted molar refractivity (Wildman–Crippen MR) is 120 cm³/mol. The fourth-order valence-corrected chi connectivity index (χ4v) is 4.20. The summed E-state index contributed by atoms with van der Waals surface area (Å²) >= 11 is 0. The molecule has 2 aliphatic heterocycles. The van der Waals surface area contributed by atoms with Crippen molar-refractivity contribution in [3.8, 4) is 17.2 Å². The van der Waals surface area contributed by atoms with Gasteiger partial charge in [-0.1, -0.05) is 12.8 Å². The van der Waals surface area contributed by atoms with Crippen molar-refractivity contribution in [3.63, 3.8) is 0 Å². The maximum absolute atomic E-state index is 5.79. The molecule has 156 valence electrons. The second kappa shape index (κ2) is 10.4. The molecule has 1 saturated carbocycles. The lowest BCUT2D eigenvalue weighted by atomic mass is 10.2. The van der Waals surface area contributed by atoms with E-state index >= 15 is 0 Å². The summed E-state index contributed by atoms with van der Waals surface area (Å²) in [6.07, 6.45) is 6.72. The number of hydrogen-bond acceptors (Lipinski definition) is 5. The summed E-state index contributed by atoms with van der Waals surface area (Å²) < 4.78 is 16.5. The van der Waals surface area contributed by atoms with E-state index in [-0.39, 0.29) is 30.8 Å². The summed E-state index contributed by atoms with van der Waals surface area (Å²) in [5, 5.41) is 6.90. The molecule has 1 saturated heterocycles. The smallest absolute Gasteiger partial charge is 0.231 e. The maximum atomic E-state index is 5.79. The Balaban J connectivity index is 0.00000225. The molecule has 28 heavy (non-hydrogen) atoms. The molecule has 0 amide bonds. The summed E-state index contributed by atoms with van der Waals surface area (Å²) in [6, 6.07) is 6.93. The number of nitrogens with zero attached hydrogens (tertiary/aromatic N) is 2. The monoisotopic (exact) mass is 502 g/mol. The molecule has 2 N–H and O–H groups in total. The summed E-state index contributed by atoms with van der Waals surface area (Å²) in [5.41, 5.74) is 0. The van der Waals surface area contributed by atoms with Gasteiger partial charge in [0.05, 0.1) is 6.54 Å². The molecule has 0 aromatic heterocycles. The zero-order chi connectivity index (χ0) is 18.5. The summed E-state index contributed by atoms with van der Waals surface area (Å²) in [5.74, 6) is 3.15. The molecule has 8 heteroatoms. The summed E-state index contributed by atoms with van der Waals surface area (Å²) in [7, 11) is 1.82. The van der Waals surface area contributed by atoms with Crippen molar-refractivity contribution in [1.29, 1.82) is 0 Å². The Kier molecular flexibility index (Phi) is 7.90. The van der Waals surface area contributed by atoms with Gasteiger partial charge in [-0.25, -0.2) is 0 Å². The minimum absolute atomic E-state index is 0. The Hall–Kier alpha value is -1.42. The fraction of sp³-hybridized carbons (Fsp3) is 0.650. The molecule has 0 spiro atoms. The van der Waals surface area contributed by atoms with Gasteiger partial charge in [-0.15, -0.1) is 24.0 Å². The number of rotatable bonds is 6. The van der Waals surface area contributed by atoms with E-state index in [4.69, 9.17) is 14.2 Å². The molecule has 2 heterocycles. The number of halogens is 1. The highest BCUT2D eigenvalue weighted by Gasteiger charge is 2.30. The number of nitrogens with one attached hydrogen (secondary N) is 2. The van der Waals surface area contributed by atoms with Gasteiger partial charge in [0.15, 0.2) is 17.5 Å². The third-order valence-electron chi connectivity index (χ3n) is 5.63. The molecular weight excluding hydrogens is 471 g/mol. The summed E-state index contributed by atoms with van der Waals surface area (Å²) in [6.45, 7) is 3.85. The molecule has 0 bridgehead atoms. The molecule has 3 aliphatic rings. The lowest BCUT2D eigenvalue weighted by molar-refractivity contribution is 0.173. The molecule has 7 nitrogen and oxygen atoms in total. The zero-order valence-corrected chi connectivity index (χ0v) is 18.8. The number of guanidine groups is 1. The Morgan fingerprint density at radius 3 is 2.86 bits per heavy atom. The Bertz CT molecular complexity index is 667. The van der Waals surface area contributed by atoms with E-state index in [0.717, 1.165) is 35.8 Å². The van der Waals surface area contributed by atoms with E-state index in [9.17, 15) is 0 Å². The quantitative estimate of drug-likeness (QED) is 0.270. The first-order valence-electron chi connectivity index (χ1n) is 10.1. The highest BCUT2D eigenvalue weighted by atomic mass is 127. The second-order valence-electron chi connectivity index (χ2n) is 7.43. The van der Waals surface area contributed by atoms with Gasteiger partial charge >= 0.3 is 0 Å².